The fourth-order valence-electron chi connectivity index (χ4n) is 2.10. The van der Waals surface area contributed by atoms with Crippen molar-refractivity contribution in [3.05, 3.63) is 64.1 Å². The van der Waals surface area contributed by atoms with Gasteiger partial charge in [-0.15, -0.1) is 0 Å². The highest BCUT2D eigenvalue weighted by molar-refractivity contribution is 9.10. The predicted molar refractivity (Wildman–Crippen MR) is 88.6 cm³/mol. The third-order valence-electron chi connectivity index (χ3n) is 3.13. The van der Waals surface area contributed by atoms with Crippen LogP contribution in [0.2, 0.25) is 0 Å². The van der Waals surface area contributed by atoms with Crippen LogP contribution in [0.25, 0.3) is 0 Å². The topological polar surface area (TPSA) is 38.3 Å². The summed E-state index contributed by atoms with van der Waals surface area (Å²) in [7, 11) is 0. The molecule has 0 spiro atoms. The number of hydrogen-bond acceptors (Lipinski definition) is 3. The Kier molecular flexibility index (Phi) is 5.39. The molecule has 0 fully saturated rings. The van der Waals surface area contributed by atoms with Gasteiger partial charge in [-0.25, -0.2) is 4.79 Å². The second-order valence-corrected chi connectivity index (χ2v) is 5.54. The molecule has 3 nitrogen and oxygen atoms in total. The summed E-state index contributed by atoms with van der Waals surface area (Å²) in [5, 5.41) is 3.40. The highest BCUT2D eigenvalue weighted by Gasteiger charge is 2.11. The minimum atomic E-state index is -0.297. The van der Waals surface area contributed by atoms with Gasteiger partial charge < -0.3 is 10.1 Å². The van der Waals surface area contributed by atoms with E-state index in [1.807, 2.05) is 36.4 Å². The first-order valence-corrected chi connectivity index (χ1v) is 7.69. The molecule has 0 unspecified atom stereocenters. The molecule has 4 heteroatoms. The Hall–Kier alpha value is -1.81. The summed E-state index contributed by atoms with van der Waals surface area (Å²) in [6.45, 7) is 4.26. The lowest BCUT2D eigenvalue weighted by atomic mass is 10.1. The molecule has 0 saturated heterocycles. The molecule has 0 radical (unpaired) electrons. The summed E-state index contributed by atoms with van der Waals surface area (Å²) in [4.78, 5) is 11.7. The zero-order valence-electron chi connectivity index (χ0n) is 12.1. The molecule has 2 rings (SSSR count). The number of rotatable bonds is 5. The summed E-state index contributed by atoms with van der Waals surface area (Å²) in [5.74, 6) is -0.297. The largest absolute Gasteiger partial charge is 0.462 e. The van der Waals surface area contributed by atoms with E-state index in [0.717, 1.165) is 10.2 Å². The molecule has 1 atom stereocenters. The molecule has 0 aliphatic heterocycles. The van der Waals surface area contributed by atoms with Crippen LogP contribution in [-0.4, -0.2) is 12.6 Å². The Morgan fingerprint density at radius 2 is 2.00 bits per heavy atom. The number of ether oxygens (including phenoxy) is 1. The van der Waals surface area contributed by atoms with Gasteiger partial charge >= 0.3 is 5.97 Å². The van der Waals surface area contributed by atoms with Crippen LogP contribution in [0.5, 0.6) is 0 Å². The van der Waals surface area contributed by atoms with Crippen LogP contribution in [0.15, 0.2) is 53.0 Å². The van der Waals surface area contributed by atoms with Gasteiger partial charge in [-0.2, -0.15) is 0 Å². The van der Waals surface area contributed by atoms with E-state index < -0.39 is 0 Å². The van der Waals surface area contributed by atoms with Gasteiger partial charge in [0.25, 0.3) is 0 Å². The Morgan fingerprint density at radius 1 is 1.24 bits per heavy atom. The van der Waals surface area contributed by atoms with Crippen LogP contribution >= 0.6 is 15.9 Å². The summed E-state index contributed by atoms with van der Waals surface area (Å²) in [5.41, 5.74) is 2.61. The van der Waals surface area contributed by atoms with Crippen molar-refractivity contribution in [3.63, 3.8) is 0 Å². The Bertz CT molecular complexity index is 628. The third-order valence-corrected chi connectivity index (χ3v) is 3.85. The molecule has 0 heterocycles. The molecule has 0 saturated carbocycles. The molecule has 110 valence electrons. The summed E-state index contributed by atoms with van der Waals surface area (Å²) in [6.07, 6.45) is 0. The van der Waals surface area contributed by atoms with Crippen molar-refractivity contribution in [1.29, 1.82) is 0 Å². The molecule has 21 heavy (non-hydrogen) atoms. The molecular weight excluding hydrogens is 330 g/mol. The van der Waals surface area contributed by atoms with E-state index >= 15 is 0 Å². The van der Waals surface area contributed by atoms with E-state index in [1.54, 1.807) is 13.0 Å². The van der Waals surface area contributed by atoms with Gasteiger partial charge in [0, 0.05) is 16.2 Å². The maximum atomic E-state index is 11.7. The lowest BCUT2D eigenvalue weighted by Gasteiger charge is -2.17. The first-order valence-electron chi connectivity index (χ1n) is 6.90. The van der Waals surface area contributed by atoms with E-state index in [1.165, 1.54) is 5.56 Å². The lowest BCUT2D eigenvalue weighted by Crippen LogP contribution is -2.09. The van der Waals surface area contributed by atoms with Gasteiger partial charge in [0.2, 0.25) is 0 Å². The number of halogens is 1. The van der Waals surface area contributed by atoms with E-state index in [-0.39, 0.29) is 12.0 Å². The van der Waals surface area contributed by atoms with Gasteiger partial charge in [-0.3, -0.25) is 0 Å². The molecular formula is C17H18BrNO2. The van der Waals surface area contributed by atoms with Crippen LogP contribution in [-0.2, 0) is 4.74 Å². The van der Waals surface area contributed by atoms with Crippen LogP contribution in [0.1, 0.15) is 35.8 Å². The molecule has 0 bridgehead atoms. The zero-order valence-corrected chi connectivity index (χ0v) is 13.7. The number of hydrogen-bond donors (Lipinski definition) is 1. The molecule has 0 aromatic heterocycles. The van der Waals surface area contributed by atoms with Crippen molar-refractivity contribution in [1.82, 2.24) is 0 Å². The Balaban J connectivity index is 2.15. The fourth-order valence-corrected chi connectivity index (χ4v) is 2.73. The van der Waals surface area contributed by atoms with E-state index in [4.69, 9.17) is 4.74 Å². The summed E-state index contributed by atoms with van der Waals surface area (Å²) in [6, 6.07) is 15.6. The Labute approximate surface area is 133 Å². The van der Waals surface area contributed by atoms with Gasteiger partial charge in [-0.05, 0) is 43.7 Å². The first kappa shape index (κ1) is 15.6. The van der Waals surface area contributed by atoms with Crippen molar-refractivity contribution in [3.8, 4) is 0 Å². The molecule has 1 N–H and O–H groups in total. The normalized spacial score (nSPS) is 11.8. The van der Waals surface area contributed by atoms with Crippen molar-refractivity contribution in [2.24, 2.45) is 0 Å². The number of carbonyl (C=O) groups is 1. The third kappa shape index (κ3) is 4.08. The van der Waals surface area contributed by atoms with Gasteiger partial charge in [0.1, 0.15) is 0 Å². The van der Waals surface area contributed by atoms with Crippen molar-refractivity contribution >= 4 is 27.6 Å². The number of nitrogens with one attached hydrogen (secondary N) is 1. The molecule has 2 aromatic rings. The quantitative estimate of drug-likeness (QED) is 0.789. The van der Waals surface area contributed by atoms with Crippen LogP contribution in [0.4, 0.5) is 5.69 Å². The SMILES string of the molecule is CCOC(=O)c1cccc(N[C@@H](C)c2ccccc2Br)c1. The van der Waals surface area contributed by atoms with E-state index in [0.29, 0.717) is 12.2 Å². The lowest BCUT2D eigenvalue weighted by molar-refractivity contribution is 0.0526. The van der Waals surface area contributed by atoms with Crippen molar-refractivity contribution < 1.29 is 9.53 Å². The van der Waals surface area contributed by atoms with E-state index in [2.05, 4.69) is 34.2 Å². The summed E-state index contributed by atoms with van der Waals surface area (Å²) < 4.78 is 6.08. The second kappa shape index (κ2) is 7.27. The van der Waals surface area contributed by atoms with Crippen LogP contribution < -0.4 is 5.32 Å². The van der Waals surface area contributed by atoms with E-state index in [9.17, 15) is 4.79 Å². The Morgan fingerprint density at radius 3 is 2.71 bits per heavy atom. The van der Waals surface area contributed by atoms with Gasteiger partial charge in [-0.1, -0.05) is 40.2 Å². The minimum absolute atomic E-state index is 0.123. The standard InChI is InChI=1S/C17H18BrNO2/c1-3-21-17(20)13-7-6-8-14(11-13)19-12(2)15-9-4-5-10-16(15)18/h4-12,19H,3H2,1-2H3/t12-/m0/s1. The summed E-state index contributed by atoms with van der Waals surface area (Å²) >= 11 is 3.55. The molecule has 0 amide bonds. The van der Waals surface area contributed by atoms with Crippen LogP contribution in [0.3, 0.4) is 0 Å². The molecule has 0 aliphatic carbocycles. The molecule has 0 aliphatic rings. The number of esters is 1. The predicted octanol–water partition coefficient (Wildman–Crippen LogP) is 4.80. The van der Waals surface area contributed by atoms with Crippen molar-refractivity contribution in [2.75, 3.05) is 11.9 Å². The highest BCUT2D eigenvalue weighted by atomic mass is 79.9. The molecule has 2 aromatic carbocycles. The van der Waals surface area contributed by atoms with Crippen molar-refractivity contribution in [2.45, 2.75) is 19.9 Å². The number of benzene rings is 2. The monoisotopic (exact) mass is 347 g/mol. The smallest absolute Gasteiger partial charge is 0.338 e. The number of anilines is 1. The van der Waals surface area contributed by atoms with Gasteiger partial charge in [0.15, 0.2) is 0 Å². The first-order chi connectivity index (χ1) is 10.1. The van der Waals surface area contributed by atoms with Gasteiger partial charge in [0.05, 0.1) is 12.2 Å². The second-order valence-electron chi connectivity index (χ2n) is 4.69. The fraction of sp³-hybridized carbons (Fsp3) is 0.235. The average molecular weight is 348 g/mol. The average Bonchev–Trinajstić information content (AvgIpc) is 2.48. The highest BCUT2D eigenvalue weighted by Crippen LogP contribution is 2.26. The number of carbonyl (C=O) groups excluding carboxylic acids is 1. The maximum absolute atomic E-state index is 11.7. The maximum Gasteiger partial charge on any atom is 0.338 e. The zero-order chi connectivity index (χ0) is 15.2. The minimum Gasteiger partial charge on any atom is -0.462 e. The van der Waals surface area contributed by atoms with Crippen LogP contribution in [0, 0.1) is 0 Å².